The second-order valence-electron chi connectivity index (χ2n) is 6.20. The van der Waals surface area contributed by atoms with E-state index in [9.17, 15) is 0 Å². The Hall–Kier alpha value is -2.64. The lowest BCUT2D eigenvalue weighted by atomic mass is 10.1. The number of nitrogens with one attached hydrogen (secondary N) is 1. The summed E-state index contributed by atoms with van der Waals surface area (Å²) in [5.74, 6) is 0.745. The second kappa shape index (κ2) is 7.96. The number of nitrogens with zero attached hydrogens (tertiary/aromatic N) is 4. The van der Waals surface area contributed by atoms with Crippen molar-refractivity contribution >= 4 is 11.3 Å². The highest BCUT2D eigenvalue weighted by molar-refractivity contribution is 5.74. The summed E-state index contributed by atoms with van der Waals surface area (Å²) in [6, 6.07) is 2.43. The van der Waals surface area contributed by atoms with Crippen molar-refractivity contribution in [3.63, 3.8) is 0 Å². The van der Waals surface area contributed by atoms with Crippen LogP contribution in [0.2, 0.25) is 0 Å². The highest BCUT2D eigenvalue weighted by Gasteiger charge is 2.18. The van der Waals surface area contributed by atoms with E-state index in [1.807, 2.05) is 16.8 Å². The lowest BCUT2D eigenvalue weighted by Gasteiger charge is -2.29. The van der Waals surface area contributed by atoms with E-state index in [2.05, 4.69) is 32.9 Å². The summed E-state index contributed by atoms with van der Waals surface area (Å²) < 4.78 is 1.85. The molecule has 0 spiro atoms. The Labute approximate surface area is 147 Å². The van der Waals surface area contributed by atoms with E-state index in [1.54, 1.807) is 12.2 Å². The molecular weight excluding hydrogens is 314 g/mol. The van der Waals surface area contributed by atoms with Gasteiger partial charge in [-0.1, -0.05) is 12.7 Å². The number of piperidine rings is 1. The average molecular weight is 339 g/mol. The van der Waals surface area contributed by atoms with Crippen LogP contribution >= 0.6 is 0 Å². The summed E-state index contributed by atoms with van der Waals surface area (Å²) in [6.45, 7) is 6.63. The van der Waals surface area contributed by atoms with E-state index in [4.69, 9.17) is 11.5 Å². The van der Waals surface area contributed by atoms with Crippen LogP contribution in [0.25, 0.3) is 5.52 Å². The molecule has 1 aliphatic heterocycles. The Bertz CT molecular complexity index is 782. The van der Waals surface area contributed by atoms with Crippen molar-refractivity contribution in [2.24, 2.45) is 11.5 Å². The largest absolute Gasteiger partial charge is 0.405 e. The van der Waals surface area contributed by atoms with Gasteiger partial charge in [0.25, 0.3) is 0 Å². The van der Waals surface area contributed by atoms with Crippen molar-refractivity contribution in [2.45, 2.75) is 25.4 Å². The van der Waals surface area contributed by atoms with Gasteiger partial charge in [-0.15, -0.1) is 0 Å². The molecule has 1 fully saturated rings. The lowest BCUT2D eigenvalue weighted by Crippen LogP contribution is -2.39. The topological polar surface area (TPSA) is 97.5 Å². The van der Waals surface area contributed by atoms with E-state index in [0.29, 0.717) is 6.04 Å². The van der Waals surface area contributed by atoms with Crippen molar-refractivity contribution in [3.8, 4) is 0 Å². The van der Waals surface area contributed by atoms with E-state index in [0.717, 1.165) is 49.5 Å². The zero-order chi connectivity index (χ0) is 17.6. The molecule has 5 N–H and O–H groups in total. The molecule has 1 saturated heterocycles. The Morgan fingerprint density at radius 3 is 2.92 bits per heavy atom. The second-order valence-corrected chi connectivity index (χ2v) is 6.20. The standard InChI is InChI=1S/C18H25N7/c1-2-3-16(4-8-19)23-18-17-14(5-11-25(17)22-13-21-18)12-24-9-6-15(20)7-10-24/h2-5,8,11,13,15H,1,6-7,9-10,12,19-20H2,(H,21,22,23)/b8-4-,16-3+. The number of fused-ring (bicyclic) bond motifs is 1. The molecule has 7 heteroatoms. The molecule has 3 heterocycles. The van der Waals surface area contributed by atoms with Gasteiger partial charge in [-0.3, -0.25) is 4.90 Å². The zero-order valence-electron chi connectivity index (χ0n) is 14.3. The minimum absolute atomic E-state index is 0.331. The molecule has 25 heavy (non-hydrogen) atoms. The molecular formula is C18H25N7. The Balaban J connectivity index is 1.88. The molecule has 0 atom stereocenters. The molecule has 0 radical (unpaired) electrons. The summed E-state index contributed by atoms with van der Waals surface area (Å²) in [5.41, 5.74) is 14.5. The number of nitrogens with two attached hydrogens (primary N) is 2. The third-order valence-corrected chi connectivity index (χ3v) is 4.40. The first-order chi connectivity index (χ1) is 12.2. The number of anilines is 1. The van der Waals surface area contributed by atoms with E-state index in [1.165, 1.54) is 18.1 Å². The number of aromatic nitrogens is 3. The minimum Gasteiger partial charge on any atom is -0.405 e. The Kier molecular flexibility index (Phi) is 5.47. The Morgan fingerprint density at radius 2 is 2.20 bits per heavy atom. The summed E-state index contributed by atoms with van der Waals surface area (Å²) >= 11 is 0. The summed E-state index contributed by atoms with van der Waals surface area (Å²) in [5, 5.41) is 7.62. The monoisotopic (exact) mass is 339 g/mol. The van der Waals surface area contributed by atoms with Crippen LogP contribution in [0.15, 0.2) is 55.3 Å². The van der Waals surface area contributed by atoms with E-state index in [-0.39, 0.29) is 0 Å². The van der Waals surface area contributed by atoms with Crippen molar-refractivity contribution < 1.29 is 0 Å². The van der Waals surface area contributed by atoms with Crippen LogP contribution in [-0.4, -0.2) is 38.6 Å². The predicted molar refractivity (Wildman–Crippen MR) is 101 cm³/mol. The molecule has 132 valence electrons. The van der Waals surface area contributed by atoms with Gasteiger partial charge in [0.15, 0.2) is 5.82 Å². The summed E-state index contributed by atoms with van der Waals surface area (Å²) in [6.07, 6.45) is 12.4. The summed E-state index contributed by atoms with van der Waals surface area (Å²) in [7, 11) is 0. The normalized spacial score (nSPS) is 17.4. The maximum Gasteiger partial charge on any atom is 0.158 e. The fourth-order valence-corrected chi connectivity index (χ4v) is 3.10. The van der Waals surface area contributed by atoms with Gasteiger partial charge in [-0.05, 0) is 55.9 Å². The first kappa shape index (κ1) is 17.2. The average Bonchev–Trinajstić information content (AvgIpc) is 3.01. The van der Waals surface area contributed by atoms with Crippen molar-refractivity contribution in [1.29, 1.82) is 0 Å². The molecule has 1 aliphatic rings. The third kappa shape index (κ3) is 4.07. The maximum absolute atomic E-state index is 6.01. The van der Waals surface area contributed by atoms with Gasteiger partial charge in [-0.25, -0.2) is 9.50 Å². The first-order valence-corrected chi connectivity index (χ1v) is 8.48. The van der Waals surface area contributed by atoms with Gasteiger partial charge < -0.3 is 16.8 Å². The molecule has 3 rings (SSSR count). The van der Waals surface area contributed by atoms with Gasteiger partial charge in [0.05, 0.1) is 0 Å². The molecule has 7 nitrogen and oxygen atoms in total. The molecule has 0 unspecified atom stereocenters. The van der Waals surface area contributed by atoms with Gasteiger partial charge in [0.2, 0.25) is 0 Å². The molecule has 0 aromatic carbocycles. The van der Waals surface area contributed by atoms with Crippen LogP contribution in [0.5, 0.6) is 0 Å². The van der Waals surface area contributed by atoms with Gasteiger partial charge in [-0.2, -0.15) is 5.10 Å². The highest BCUT2D eigenvalue weighted by atomic mass is 15.3. The Morgan fingerprint density at radius 1 is 1.40 bits per heavy atom. The molecule has 0 bridgehead atoms. The van der Waals surface area contributed by atoms with Crippen molar-refractivity contribution in [2.75, 3.05) is 18.4 Å². The van der Waals surface area contributed by atoms with Crippen molar-refractivity contribution in [3.05, 3.63) is 60.9 Å². The van der Waals surface area contributed by atoms with E-state index < -0.39 is 0 Å². The van der Waals surface area contributed by atoms with Gasteiger partial charge >= 0.3 is 0 Å². The fraction of sp³-hybridized carbons (Fsp3) is 0.333. The minimum atomic E-state index is 0.331. The van der Waals surface area contributed by atoms with Crippen LogP contribution in [0.4, 0.5) is 5.82 Å². The van der Waals surface area contributed by atoms with Crippen LogP contribution in [0.3, 0.4) is 0 Å². The van der Waals surface area contributed by atoms with Crippen LogP contribution in [0, 0.1) is 0 Å². The smallest absolute Gasteiger partial charge is 0.158 e. The fourth-order valence-electron chi connectivity index (χ4n) is 3.10. The molecule has 0 saturated carbocycles. The molecule has 0 amide bonds. The predicted octanol–water partition coefficient (Wildman–Crippen LogP) is 1.61. The molecule has 2 aromatic heterocycles. The summed E-state index contributed by atoms with van der Waals surface area (Å²) in [4.78, 5) is 6.84. The number of hydrogen-bond donors (Lipinski definition) is 3. The van der Waals surface area contributed by atoms with Crippen LogP contribution < -0.4 is 16.8 Å². The number of hydrogen-bond acceptors (Lipinski definition) is 6. The quantitative estimate of drug-likeness (QED) is 0.692. The third-order valence-electron chi connectivity index (χ3n) is 4.40. The van der Waals surface area contributed by atoms with Crippen LogP contribution in [-0.2, 0) is 6.54 Å². The number of likely N-dealkylation sites (tertiary alicyclic amines) is 1. The first-order valence-electron chi connectivity index (χ1n) is 8.48. The maximum atomic E-state index is 6.01. The van der Waals surface area contributed by atoms with Crippen LogP contribution in [0.1, 0.15) is 18.4 Å². The molecule has 2 aromatic rings. The van der Waals surface area contributed by atoms with E-state index >= 15 is 0 Å². The number of rotatable bonds is 6. The molecule has 0 aliphatic carbocycles. The zero-order valence-corrected chi connectivity index (χ0v) is 14.3. The SMILES string of the molecule is C=C/C=C(\C=C/N)Nc1ncnn2ccc(CN3CCC(N)CC3)c12. The van der Waals surface area contributed by atoms with Gasteiger partial charge in [0, 0.05) is 24.5 Å². The number of allylic oxidation sites excluding steroid dienone is 3. The van der Waals surface area contributed by atoms with Crippen molar-refractivity contribution in [1.82, 2.24) is 19.5 Å². The lowest BCUT2D eigenvalue weighted by molar-refractivity contribution is 0.206. The highest BCUT2D eigenvalue weighted by Crippen LogP contribution is 2.23. The van der Waals surface area contributed by atoms with Gasteiger partial charge in [0.1, 0.15) is 11.8 Å².